The molecule has 0 saturated heterocycles. The summed E-state index contributed by atoms with van der Waals surface area (Å²) >= 11 is 3.45. The molecule has 0 fully saturated rings. The van der Waals surface area contributed by atoms with Crippen LogP contribution in [0.25, 0.3) is 5.69 Å². The molecular formula is C24H27BrN4O3S. The first-order valence-corrected chi connectivity index (χ1v) is 13.1. The van der Waals surface area contributed by atoms with Crippen LogP contribution in [0.1, 0.15) is 29.4 Å². The highest BCUT2D eigenvalue weighted by atomic mass is 79.9. The first-order valence-electron chi connectivity index (χ1n) is 10.4. The smallest absolute Gasteiger partial charge is 0.260 e. The zero-order valence-electron chi connectivity index (χ0n) is 19.0. The van der Waals surface area contributed by atoms with Crippen LogP contribution in [0.2, 0.25) is 0 Å². The molecule has 0 bridgehead atoms. The lowest BCUT2D eigenvalue weighted by Crippen LogP contribution is -2.39. The van der Waals surface area contributed by atoms with E-state index in [2.05, 4.69) is 31.0 Å². The maximum absolute atomic E-state index is 12.5. The van der Waals surface area contributed by atoms with Crippen LogP contribution in [0.4, 0.5) is 5.69 Å². The van der Waals surface area contributed by atoms with E-state index in [4.69, 9.17) is 0 Å². The van der Waals surface area contributed by atoms with Crippen molar-refractivity contribution in [1.29, 1.82) is 0 Å². The van der Waals surface area contributed by atoms with Crippen LogP contribution in [0.3, 0.4) is 0 Å². The maximum atomic E-state index is 12.5. The van der Waals surface area contributed by atoms with Crippen LogP contribution in [0.15, 0.2) is 64.2 Å². The number of hydrogen-bond donors (Lipinski definition) is 1. The molecule has 0 aliphatic heterocycles. The third-order valence-electron chi connectivity index (χ3n) is 5.28. The number of carbonyl (C=O) groups excluding carboxylic acids is 1. The Kier molecular flexibility index (Phi) is 7.76. The number of rotatable bonds is 8. The maximum Gasteiger partial charge on any atom is 0.260 e. The first kappa shape index (κ1) is 24.7. The van der Waals surface area contributed by atoms with E-state index in [0.717, 1.165) is 43.2 Å². The summed E-state index contributed by atoms with van der Waals surface area (Å²) in [5.41, 5.74) is 7.68. The Morgan fingerprint density at radius 2 is 1.82 bits per heavy atom. The van der Waals surface area contributed by atoms with Gasteiger partial charge in [-0.2, -0.15) is 5.10 Å². The van der Waals surface area contributed by atoms with Crippen molar-refractivity contribution in [2.45, 2.75) is 27.2 Å². The fourth-order valence-corrected chi connectivity index (χ4v) is 4.83. The predicted octanol–water partition coefficient (Wildman–Crippen LogP) is 4.34. The molecule has 1 N–H and O–H groups in total. The average molecular weight is 531 g/mol. The van der Waals surface area contributed by atoms with Crippen LogP contribution in [0, 0.1) is 13.8 Å². The lowest BCUT2D eigenvalue weighted by atomic mass is 10.1. The monoisotopic (exact) mass is 530 g/mol. The van der Waals surface area contributed by atoms with Gasteiger partial charge in [-0.05, 0) is 62.2 Å². The number of nitrogens with zero attached hydrogens (tertiary/aromatic N) is 3. The van der Waals surface area contributed by atoms with Crippen LogP contribution >= 0.6 is 15.9 Å². The molecule has 0 aliphatic rings. The Morgan fingerprint density at radius 1 is 1.15 bits per heavy atom. The minimum atomic E-state index is -3.65. The summed E-state index contributed by atoms with van der Waals surface area (Å²) in [6, 6.07) is 17.1. The van der Waals surface area contributed by atoms with Gasteiger partial charge in [0, 0.05) is 27.1 Å². The number of amides is 1. The third kappa shape index (κ3) is 5.91. The summed E-state index contributed by atoms with van der Waals surface area (Å²) in [4.78, 5) is 12.5. The molecule has 33 heavy (non-hydrogen) atoms. The fourth-order valence-electron chi connectivity index (χ4n) is 3.68. The van der Waals surface area contributed by atoms with E-state index in [1.54, 1.807) is 18.3 Å². The standard InChI is InChI=1S/C24H27BrN4O3S/c1-5-19-8-6-7-9-23(19)28(33(4,31)32)16-24(30)27-26-15-20-14-17(2)29(18(20)3)22-12-10-21(25)11-13-22/h6-15H,5,16H2,1-4H3,(H,27,30)/b26-15-. The average Bonchev–Trinajstić information content (AvgIpc) is 3.05. The Labute approximate surface area is 203 Å². The molecule has 0 unspecified atom stereocenters. The van der Waals surface area contributed by atoms with Gasteiger partial charge in [0.2, 0.25) is 10.0 Å². The number of nitrogens with one attached hydrogen (secondary N) is 1. The van der Waals surface area contributed by atoms with Crippen molar-refractivity contribution in [3.05, 3.63) is 81.6 Å². The number of carbonyl (C=O) groups is 1. The van der Waals surface area contributed by atoms with Crippen molar-refractivity contribution in [1.82, 2.24) is 9.99 Å². The van der Waals surface area contributed by atoms with Gasteiger partial charge in [-0.1, -0.05) is 41.1 Å². The van der Waals surface area contributed by atoms with Crippen molar-refractivity contribution in [3.8, 4) is 5.69 Å². The zero-order chi connectivity index (χ0) is 24.2. The Bertz CT molecular complexity index is 1280. The number of aromatic nitrogens is 1. The second kappa shape index (κ2) is 10.4. The van der Waals surface area contributed by atoms with Crippen molar-refractivity contribution in [2.75, 3.05) is 17.1 Å². The molecule has 0 atom stereocenters. The molecule has 3 aromatic rings. The fraction of sp³-hybridized carbons (Fsp3) is 0.250. The highest BCUT2D eigenvalue weighted by molar-refractivity contribution is 9.10. The molecule has 1 aromatic heterocycles. The summed E-state index contributed by atoms with van der Waals surface area (Å²) in [5, 5.41) is 4.07. The van der Waals surface area contributed by atoms with Crippen molar-refractivity contribution < 1.29 is 13.2 Å². The molecule has 3 rings (SSSR count). The van der Waals surface area contributed by atoms with Gasteiger partial charge in [0.25, 0.3) is 5.91 Å². The molecule has 0 spiro atoms. The molecule has 1 amide bonds. The lowest BCUT2D eigenvalue weighted by Gasteiger charge is -2.23. The normalized spacial score (nSPS) is 11.7. The van der Waals surface area contributed by atoms with Crippen LogP contribution in [-0.4, -0.2) is 37.9 Å². The van der Waals surface area contributed by atoms with E-state index >= 15 is 0 Å². The van der Waals surface area contributed by atoms with Gasteiger partial charge in [0.05, 0.1) is 18.2 Å². The molecular weight excluding hydrogens is 504 g/mol. The van der Waals surface area contributed by atoms with E-state index in [1.807, 2.05) is 63.2 Å². The number of anilines is 1. The lowest BCUT2D eigenvalue weighted by molar-refractivity contribution is -0.119. The van der Waals surface area contributed by atoms with E-state index in [9.17, 15) is 13.2 Å². The van der Waals surface area contributed by atoms with Crippen molar-refractivity contribution in [2.24, 2.45) is 5.10 Å². The molecule has 0 aliphatic carbocycles. The number of hydrazone groups is 1. The quantitative estimate of drug-likeness (QED) is 0.347. The number of hydrogen-bond acceptors (Lipinski definition) is 4. The number of halogens is 1. The summed E-state index contributed by atoms with van der Waals surface area (Å²) in [5.74, 6) is -0.524. The SMILES string of the molecule is CCc1ccccc1N(CC(=O)N/N=C\c1cc(C)n(-c2ccc(Br)cc2)c1C)S(C)(=O)=O. The number of para-hydroxylation sites is 1. The van der Waals surface area contributed by atoms with E-state index in [-0.39, 0.29) is 6.54 Å². The molecule has 2 aromatic carbocycles. The second-order valence-corrected chi connectivity index (χ2v) is 10.5. The highest BCUT2D eigenvalue weighted by Gasteiger charge is 2.22. The topological polar surface area (TPSA) is 83.8 Å². The molecule has 1 heterocycles. The summed E-state index contributed by atoms with van der Waals surface area (Å²) in [7, 11) is -3.65. The van der Waals surface area contributed by atoms with Gasteiger partial charge >= 0.3 is 0 Å². The molecule has 9 heteroatoms. The van der Waals surface area contributed by atoms with Gasteiger partial charge < -0.3 is 4.57 Å². The van der Waals surface area contributed by atoms with E-state index in [0.29, 0.717) is 12.1 Å². The summed E-state index contributed by atoms with van der Waals surface area (Å²) < 4.78 is 29.0. The number of sulfonamides is 1. The van der Waals surface area contributed by atoms with Crippen molar-refractivity contribution in [3.63, 3.8) is 0 Å². The largest absolute Gasteiger partial charge is 0.318 e. The Hall–Kier alpha value is -2.91. The second-order valence-electron chi connectivity index (χ2n) is 7.68. The van der Waals surface area contributed by atoms with Crippen molar-refractivity contribution >= 4 is 43.8 Å². The molecule has 0 radical (unpaired) electrons. The predicted molar refractivity (Wildman–Crippen MR) is 137 cm³/mol. The minimum absolute atomic E-state index is 0.356. The Balaban J connectivity index is 1.76. The zero-order valence-corrected chi connectivity index (χ0v) is 21.4. The number of aryl methyl sites for hydroxylation is 2. The van der Waals surface area contributed by atoms with Crippen LogP contribution in [0.5, 0.6) is 0 Å². The third-order valence-corrected chi connectivity index (χ3v) is 6.93. The van der Waals surface area contributed by atoms with E-state index in [1.165, 1.54) is 0 Å². The highest BCUT2D eigenvalue weighted by Crippen LogP contribution is 2.23. The number of benzene rings is 2. The van der Waals surface area contributed by atoms with Gasteiger partial charge in [0.1, 0.15) is 6.54 Å². The Morgan fingerprint density at radius 3 is 2.45 bits per heavy atom. The van der Waals surface area contributed by atoms with Crippen LogP contribution < -0.4 is 9.73 Å². The molecule has 174 valence electrons. The van der Waals surface area contributed by atoms with Gasteiger partial charge in [-0.3, -0.25) is 9.10 Å². The van der Waals surface area contributed by atoms with E-state index < -0.39 is 15.9 Å². The summed E-state index contributed by atoms with van der Waals surface area (Å²) in [6.07, 6.45) is 3.31. The summed E-state index contributed by atoms with van der Waals surface area (Å²) in [6.45, 7) is 5.56. The molecule has 0 saturated carbocycles. The first-order chi connectivity index (χ1) is 15.6. The van der Waals surface area contributed by atoms with Gasteiger partial charge in [0.15, 0.2) is 0 Å². The molecule has 7 nitrogen and oxygen atoms in total. The van der Waals surface area contributed by atoms with Crippen LogP contribution in [-0.2, 0) is 21.2 Å². The van der Waals surface area contributed by atoms with Gasteiger partial charge in [-0.15, -0.1) is 0 Å². The minimum Gasteiger partial charge on any atom is -0.318 e. The van der Waals surface area contributed by atoms with Gasteiger partial charge in [-0.25, -0.2) is 13.8 Å².